The van der Waals surface area contributed by atoms with Crippen LogP contribution in [-0.2, 0) is 18.7 Å². The summed E-state index contributed by atoms with van der Waals surface area (Å²) in [4.78, 5) is 0. The molecule has 0 aliphatic heterocycles. The summed E-state index contributed by atoms with van der Waals surface area (Å²) in [7, 11) is -0.304. The van der Waals surface area contributed by atoms with Crippen molar-refractivity contribution < 1.29 is 0 Å². The molecular weight excluding hydrogens is 410 g/mol. The fourth-order valence-corrected chi connectivity index (χ4v) is 12.9. The van der Waals surface area contributed by atoms with Gasteiger partial charge in [-0.25, -0.2) is 0 Å². The van der Waals surface area contributed by atoms with Crippen molar-refractivity contribution in [3.8, 4) is 0 Å². The summed E-state index contributed by atoms with van der Waals surface area (Å²) in [6.07, 6.45) is 3.67. The molecule has 0 saturated carbocycles. The molecule has 0 bridgehead atoms. The first-order valence-corrected chi connectivity index (χ1v) is 15.3. The Morgan fingerprint density at radius 3 is 0.903 bits per heavy atom. The Morgan fingerprint density at radius 1 is 0.452 bits per heavy atom. The maximum Gasteiger partial charge on any atom is -0.00581 e. The van der Waals surface area contributed by atoms with Crippen molar-refractivity contribution in [3.05, 3.63) is 33.4 Å². The zero-order valence-electron chi connectivity index (χ0n) is 24.0. The van der Waals surface area contributed by atoms with Crippen LogP contribution < -0.4 is 0 Å². The molecule has 0 fully saturated rings. The van der Waals surface area contributed by atoms with Gasteiger partial charge in [-0.2, -0.15) is 0 Å². The highest BCUT2D eigenvalue weighted by Gasteiger charge is 2.37. The van der Waals surface area contributed by atoms with Gasteiger partial charge < -0.3 is 0 Å². The van der Waals surface area contributed by atoms with E-state index in [0.717, 1.165) is 6.42 Å². The Morgan fingerprint density at radius 2 is 0.710 bits per heavy atom. The maximum atomic E-state index is 2.46. The monoisotopic (exact) mass is 464 g/mol. The second-order valence-corrected chi connectivity index (χ2v) is 21.2. The van der Waals surface area contributed by atoms with E-state index in [9.17, 15) is 0 Å². The number of hydrogen-bond acceptors (Lipinski definition) is 0. The van der Waals surface area contributed by atoms with Crippen LogP contribution >= 0.6 is 15.8 Å². The minimum absolute atomic E-state index is 0.152. The molecule has 1 aromatic carbocycles. The van der Waals surface area contributed by atoms with Crippen LogP contribution in [-0.4, -0.2) is 20.6 Å². The summed E-state index contributed by atoms with van der Waals surface area (Å²) < 4.78 is 0. The molecule has 0 unspecified atom stereocenters. The molecule has 0 N–H and O–H groups in total. The van der Waals surface area contributed by atoms with Gasteiger partial charge in [0.25, 0.3) is 0 Å². The lowest BCUT2D eigenvalue weighted by atomic mass is 9.88. The van der Waals surface area contributed by atoms with Gasteiger partial charge in [-0.3, -0.25) is 0 Å². The molecule has 0 atom stereocenters. The first kappa shape index (κ1) is 29.1. The van der Waals surface area contributed by atoms with Crippen molar-refractivity contribution in [1.29, 1.82) is 0 Å². The normalized spacial score (nSPS) is 14.1. The molecule has 1 aromatic rings. The van der Waals surface area contributed by atoms with E-state index in [1.165, 1.54) is 17.9 Å². The fourth-order valence-electron chi connectivity index (χ4n) is 5.50. The molecule has 0 heterocycles. The van der Waals surface area contributed by atoms with Crippen molar-refractivity contribution in [3.63, 3.8) is 0 Å². The third-order valence-corrected chi connectivity index (χ3v) is 14.7. The van der Waals surface area contributed by atoms with Crippen LogP contribution in [0, 0.1) is 20.8 Å². The molecular formula is C29H54P2. The molecule has 0 aliphatic rings. The second kappa shape index (κ2) is 9.75. The molecule has 0 aromatic heterocycles. The lowest BCUT2D eigenvalue weighted by Crippen LogP contribution is -2.27. The Bertz CT molecular complexity index is 669. The van der Waals surface area contributed by atoms with E-state index in [4.69, 9.17) is 0 Å². The SMILES string of the molecule is CCc1c(CP(C(C)(C)C)C(C)(C)C)c(C)c(C)c(C)c1CP(C(C)(C)C)C(C)(C)C. The van der Waals surface area contributed by atoms with Gasteiger partial charge in [0.1, 0.15) is 0 Å². The van der Waals surface area contributed by atoms with Crippen LogP contribution in [0.4, 0.5) is 0 Å². The van der Waals surface area contributed by atoms with Crippen molar-refractivity contribution in [2.75, 3.05) is 0 Å². The first-order chi connectivity index (χ1) is 13.6. The fraction of sp³-hybridized carbons (Fsp3) is 0.793. The minimum Gasteiger partial charge on any atom is -0.0911 e. The summed E-state index contributed by atoms with van der Waals surface area (Å²) >= 11 is 0. The Hall–Kier alpha value is 0.0800. The van der Waals surface area contributed by atoms with Crippen molar-refractivity contribution in [2.24, 2.45) is 0 Å². The highest BCUT2D eigenvalue weighted by Crippen LogP contribution is 2.64. The molecule has 180 valence electrons. The van der Waals surface area contributed by atoms with E-state index in [2.05, 4.69) is 111 Å². The third-order valence-electron chi connectivity index (χ3n) is 6.98. The zero-order chi connectivity index (χ0) is 24.7. The van der Waals surface area contributed by atoms with Gasteiger partial charge >= 0.3 is 0 Å². The lowest BCUT2D eigenvalue weighted by Gasteiger charge is -2.44. The highest BCUT2D eigenvalue weighted by molar-refractivity contribution is 7.60. The van der Waals surface area contributed by atoms with Gasteiger partial charge in [-0.1, -0.05) is 106 Å². The first-order valence-electron chi connectivity index (χ1n) is 12.3. The number of benzene rings is 1. The summed E-state index contributed by atoms with van der Waals surface area (Å²) in [5.41, 5.74) is 9.73. The quantitative estimate of drug-likeness (QED) is 0.380. The molecule has 0 amide bonds. The third kappa shape index (κ3) is 7.03. The highest BCUT2D eigenvalue weighted by atomic mass is 31.1. The molecule has 31 heavy (non-hydrogen) atoms. The van der Waals surface area contributed by atoms with Gasteiger partial charge in [0, 0.05) is 0 Å². The van der Waals surface area contributed by atoms with Crippen molar-refractivity contribution in [1.82, 2.24) is 0 Å². The summed E-state index contributed by atoms with van der Waals surface area (Å²) in [6.45, 7) is 39.1. The molecule has 0 nitrogen and oxygen atoms in total. The second-order valence-electron chi connectivity index (χ2n) is 13.5. The van der Waals surface area contributed by atoms with Gasteiger partial charge in [-0.05, 0) is 93.5 Å². The molecule has 0 aliphatic carbocycles. The van der Waals surface area contributed by atoms with Gasteiger partial charge in [0.2, 0.25) is 0 Å². The smallest absolute Gasteiger partial charge is 0.00581 e. The Labute approximate surface area is 199 Å². The van der Waals surface area contributed by atoms with E-state index in [1.807, 2.05) is 0 Å². The predicted molar refractivity (Wildman–Crippen MR) is 150 cm³/mol. The van der Waals surface area contributed by atoms with Crippen LogP contribution in [0.25, 0.3) is 0 Å². The summed E-state index contributed by atoms with van der Waals surface area (Å²) in [5, 5.41) is 1.42. The molecule has 2 heteroatoms. The van der Waals surface area contributed by atoms with E-state index < -0.39 is 0 Å². The summed E-state index contributed by atoms with van der Waals surface area (Å²) in [5.74, 6) is 0. The van der Waals surface area contributed by atoms with Crippen LogP contribution in [0.5, 0.6) is 0 Å². The molecule has 1 rings (SSSR count). The zero-order valence-corrected chi connectivity index (χ0v) is 25.8. The van der Waals surface area contributed by atoms with E-state index >= 15 is 0 Å². The largest absolute Gasteiger partial charge is 0.0911 e. The average molecular weight is 465 g/mol. The van der Waals surface area contributed by atoms with Crippen LogP contribution in [0.2, 0.25) is 0 Å². The molecule has 0 saturated heterocycles. The average Bonchev–Trinajstić information content (AvgIpc) is 2.52. The predicted octanol–water partition coefficient (Wildman–Crippen LogP) is 10.3. The molecule has 0 radical (unpaired) electrons. The van der Waals surface area contributed by atoms with E-state index in [0.29, 0.717) is 20.6 Å². The van der Waals surface area contributed by atoms with Crippen molar-refractivity contribution in [2.45, 2.75) is 150 Å². The van der Waals surface area contributed by atoms with Crippen molar-refractivity contribution >= 4 is 15.8 Å². The standard InChI is InChI=1S/C29H54P2/c1-17-23-24(18-30(26(5,6)7)27(8,9)10)21(3)20(2)22(4)25(23)19-31(28(11,12)13)29(14,15)16/h17-19H2,1-16H3. The number of hydrogen-bond donors (Lipinski definition) is 0. The Kier molecular flexibility index (Phi) is 9.16. The van der Waals surface area contributed by atoms with Crippen LogP contribution in [0.15, 0.2) is 0 Å². The van der Waals surface area contributed by atoms with Gasteiger partial charge in [0.05, 0.1) is 0 Å². The maximum absolute atomic E-state index is 2.46. The van der Waals surface area contributed by atoms with Gasteiger partial charge in [0.15, 0.2) is 0 Å². The number of rotatable bonds is 5. The van der Waals surface area contributed by atoms with Crippen LogP contribution in [0.1, 0.15) is 123 Å². The van der Waals surface area contributed by atoms with Gasteiger partial charge in [-0.15, -0.1) is 0 Å². The lowest BCUT2D eigenvalue weighted by molar-refractivity contribution is 0.700. The summed E-state index contributed by atoms with van der Waals surface area (Å²) in [6, 6.07) is 0. The van der Waals surface area contributed by atoms with E-state index in [1.54, 1.807) is 27.8 Å². The Balaban J connectivity index is 3.77. The van der Waals surface area contributed by atoms with Crippen LogP contribution in [0.3, 0.4) is 0 Å². The minimum atomic E-state index is -0.152. The van der Waals surface area contributed by atoms with E-state index in [-0.39, 0.29) is 15.8 Å². The topological polar surface area (TPSA) is 0 Å². The molecule has 0 spiro atoms.